The number of thiophene rings is 1. The summed E-state index contributed by atoms with van der Waals surface area (Å²) in [5, 5.41) is 7.81. The molecule has 2 bridgehead atoms. The van der Waals surface area contributed by atoms with E-state index in [4.69, 9.17) is 4.74 Å². The van der Waals surface area contributed by atoms with E-state index in [-0.39, 0.29) is 18.1 Å². The Kier molecular flexibility index (Phi) is 8.97. The number of aromatic amines is 1. The van der Waals surface area contributed by atoms with Crippen molar-refractivity contribution in [3.05, 3.63) is 45.8 Å². The Morgan fingerprint density at radius 3 is 2.41 bits per heavy atom. The van der Waals surface area contributed by atoms with Crippen LogP contribution >= 0.6 is 11.3 Å². The molecule has 0 radical (unpaired) electrons. The second-order valence-corrected chi connectivity index (χ2v) is 15.5. The molecule has 1 aliphatic carbocycles. The van der Waals surface area contributed by atoms with Crippen LogP contribution in [0.2, 0.25) is 0 Å². The summed E-state index contributed by atoms with van der Waals surface area (Å²) in [6, 6.07) is 9.48. The first-order valence-corrected chi connectivity index (χ1v) is 17.5. The fourth-order valence-electron chi connectivity index (χ4n) is 7.91. The first-order chi connectivity index (χ1) is 21.0. The maximum absolute atomic E-state index is 14.0. The van der Waals surface area contributed by atoms with Crippen LogP contribution in [0.5, 0.6) is 0 Å². The van der Waals surface area contributed by atoms with Gasteiger partial charge >= 0.3 is 6.09 Å². The Morgan fingerprint density at radius 2 is 1.80 bits per heavy atom. The van der Waals surface area contributed by atoms with Gasteiger partial charge in [0.2, 0.25) is 0 Å². The van der Waals surface area contributed by atoms with E-state index in [1.165, 1.54) is 49.5 Å². The molecule has 7 nitrogen and oxygen atoms in total. The predicted molar refractivity (Wildman–Crippen MR) is 180 cm³/mol. The van der Waals surface area contributed by atoms with Crippen LogP contribution in [0.4, 0.5) is 4.79 Å². The fourth-order valence-corrected chi connectivity index (χ4v) is 9.11. The van der Waals surface area contributed by atoms with Gasteiger partial charge in [-0.2, -0.15) is 0 Å². The van der Waals surface area contributed by atoms with E-state index in [1.54, 1.807) is 11.3 Å². The molecule has 6 rings (SSSR count). The van der Waals surface area contributed by atoms with Gasteiger partial charge < -0.3 is 25.3 Å². The number of aryl methyl sites for hydroxylation is 2. The van der Waals surface area contributed by atoms with Gasteiger partial charge in [-0.05, 0) is 134 Å². The van der Waals surface area contributed by atoms with Crippen molar-refractivity contribution in [3.8, 4) is 11.3 Å². The second-order valence-electron chi connectivity index (χ2n) is 14.4. The highest BCUT2D eigenvalue weighted by atomic mass is 32.1. The molecule has 2 aliphatic heterocycles. The number of nitrogens with zero attached hydrogens (tertiary/aromatic N) is 1. The maximum Gasteiger partial charge on any atom is 0.407 e. The average Bonchev–Trinajstić information content (AvgIpc) is 3.75. The van der Waals surface area contributed by atoms with Crippen LogP contribution in [0.1, 0.15) is 74.9 Å². The van der Waals surface area contributed by atoms with Crippen LogP contribution in [0.3, 0.4) is 0 Å². The smallest absolute Gasteiger partial charge is 0.407 e. The number of carbonyl (C=O) groups is 2. The molecule has 3 aromatic rings. The number of hydrogen-bond acceptors (Lipinski definition) is 6. The number of fused-ring (bicyclic) bond motifs is 3. The van der Waals surface area contributed by atoms with Crippen LogP contribution < -0.4 is 10.6 Å². The number of H-pyrrole nitrogens is 1. The summed E-state index contributed by atoms with van der Waals surface area (Å²) in [7, 11) is 0. The molecule has 44 heavy (non-hydrogen) atoms. The van der Waals surface area contributed by atoms with Crippen LogP contribution in [0.25, 0.3) is 21.5 Å². The number of aromatic nitrogens is 1. The highest BCUT2D eigenvalue weighted by molar-refractivity contribution is 7.19. The van der Waals surface area contributed by atoms with Crippen molar-refractivity contribution in [3.63, 3.8) is 0 Å². The first kappa shape index (κ1) is 31.3. The number of rotatable bonds is 10. The zero-order valence-electron chi connectivity index (χ0n) is 27.3. The summed E-state index contributed by atoms with van der Waals surface area (Å²) in [5.74, 6) is 1.54. The largest absolute Gasteiger partial charge is 0.447 e. The summed E-state index contributed by atoms with van der Waals surface area (Å²) < 4.78 is 5.23. The van der Waals surface area contributed by atoms with E-state index in [1.807, 2.05) is 13.8 Å². The molecular formula is C36H50N4O3S. The van der Waals surface area contributed by atoms with E-state index in [0.29, 0.717) is 30.2 Å². The van der Waals surface area contributed by atoms with E-state index in [0.717, 1.165) is 51.9 Å². The number of benzene rings is 1. The van der Waals surface area contributed by atoms with Crippen molar-refractivity contribution < 1.29 is 14.3 Å². The van der Waals surface area contributed by atoms with Crippen LogP contribution in [-0.4, -0.2) is 66.6 Å². The average molecular weight is 619 g/mol. The van der Waals surface area contributed by atoms with Crippen LogP contribution in [-0.2, 0) is 21.4 Å². The lowest BCUT2D eigenvalue weighted by atomic mass is 9.76. The number of carbonyl (C=O) groups excluding carboxylic acids is 2. The minimum atomic E-state index is -0.503. The molecule has 3 aliphatic rings. The van der Waals surface area contributed by atoms with Gasteiger partial charge in [-0.15, -0.1) is 11.3 Å². The lowest BCUT2D eigenvalue weighted by Crippen LogP contribution is -2.39. The van der Waals surface area contributed by atoms with E-state index in [2.05, 4.69) is 72.5 Å². The normalized spacial score (nSPS) is 22.8. The standard InChI is InChI=1S/C36H50N4O3S/c1-21(2)43-35(42)38-19-24-9-12-40(13-10-24)14-11-27-28-18-30(36(5,6)33(41)31-25-7-8-29(31)37-20-25)44-34(28)39-32(27)26-16-22(3)15-23(4)17-26/h15-18,21,24-25,29,31,37,39H,7-14,19-20H2,1-6H3,(H,38,42). The number of piperidine rings is 2. The van der Waals surface area contributed by atoms with Gasteiger partial charge in [-0.3, -0.25) is 4.79 Å². The Balaban J connectivity index is 1.20. The minimum absolute atomic E-state index is 0.101. The molecule has 3 atom stereocenters. The summed E-state index contributed by atoms with van der Waals surface area (Å²) in [6.07, 6.45) is 4.99. The van der Waals surface area contributed by atoms with Crippen LogP contribution in [0.15, 0.2) is 24.3 Å². The third-order valence-electron chi connectivity index (χ3n) is 10.3. The molecule has 8 heteroatoms. The van der Waals surface area contributed by atoms with E-state index >= 15 is 0 Å². The molecule has 1 aromatic carbocycles. The number of ether oxygens (including phenoxy) is 1. The van der Waals surface area contributed by atoms with Crippen molar-refractivity contribution in [1.29, 1.82) is 0 Å². The Hall–Kier alpha value is -2.68. The molecule has 0 spiro atoms. The topological polar surface area (TPSA) is 86.5 Å². The number of Topliss-reactive ketones (excluding diaryl/α,β-unsaturated/α-hetero) is 1. The fraction of sp³-hybridized carbons (Fsp3) is 0.611. The predicted octanol–water partition coefficient (Wildman–Crippen LogP) is 6.75. The Bertz CT molecular complexity index is 1470. The molecular weight excluding hydrogens is 568 g/mol. The third-order valence-corrected chi connectivity index (χ3v) is 11.7. The second kappa shape index (κ2) is 12.6. The number of likely N-dealkylation sites (tertiary alicyclic amines) is 1. The van der Waals surface area contributed by atoms with Crippen LogP contribution in [0, 0.1) is 31.6 Å². The van der Waals surface area contributed by atoms with Crippen molar-refractivity contribution in [2.24, 2.45) is 17.8 Å². The molecule has 3 N–H and O–H groups in total. The quantitative estimate of drug-likeness (QED) is 0.234. The number of ketones is 1. The Morgan fingerprint density at radius 1 is 1.07 bits per heavy atom. The van der Waals surface area contributed by atoms with Gasteiger partial charge in [-0.1, -0.05) is 17.2 Å². The van der Waals surface area contributed by atoms with Gasteiger partial charge in [0.1, 0.15) is 10.6 Å². The summed E-state index contributed by atoms with van der Waals surface area (Å²) in [6.45, 7) is 17.1. The number of amides is 1. The zero-order chi connectivity index (χ0) is 31.2. The summed E-state index contributed by atoms with van der Waals surface area (Å²) in [4.78, 5) is 34.7. The molecule has 1 saturated carbocycles. The number of alkyl carbamates (subject to hydrolysis) is 1. The highest BCUT2D eigenvalue weighted by Gasteiger charge is 2.50. The molecule has 2 saturated heterocycles. The SMILES string of the molecule is Cc1cc(C)cc(-c2[nH]c3sc(C(C)(C)C(=O)C4C5CCC4NC5)cc3c2CCN2CCC(CNC(=O)OC(C)C)CC2)c1. The lowest BCUT2D eigenvalue weighted by molar-refractivity contribution is -0.128. The van der Waals surface area contributed by atoms with Gasteiger partial charge in [0.05, 0.1) is 17.2 Å². The third kappa shape index (κ3) is 6.35. The van der Waals surface area contributed by atoms with Gasteiger partial charge in [0.15, 0.2) is 0 Å². The van der Waals surface area contributed by atoms with Crippen molar-refractivity contribution in [2.45, 2.75) is 91.2 Å². The molecule has 3 unspecified atom stereocenters. The summed E-state index contributed by atoms with van der Waals surface area (Å²) in [5.41, 5.74) is 5.85. The molecule has 1 amide bonds. The molecule has 3 fully saturated rings. The molecule has 4 heterocycles. The lowest BCUT2D eigenvalue weighted by Gasteiger charge is -2.32. The number of hydrogen-bond donors (Lipinski definition) is 3. The van der Waals surface area contributed by atoms with Crippen molar-refractivity contribution in [1.82, 2.24) is 20.5 Å². The molecule has 2 aromatic heterocycles. The van der Waals surface area contributed by atoms with Gasteiger partial charge in [0.25, 0.3) is 0 Å². The van der Waals surface area contributed by atoms with Crippen molar-refractivity contribution in [2.75, 3.05) is 32.7 Å². The first-order valence-electron chi connectivity index (χ1n) is 16.7. The molecule has 238 valence electrons. The van der Waals surface area contributed by atoms with Gasteiger partial charge in [0, 0.05) is 35.3 Å². The van der Waals surface area contributed by atoms with E-state index in [9.17, 15) is 9.59 Å². The Labute approximate surface area is 266 Å². The summed E-state index contributed by atoms with van der Waals surface area (Å²) >= 11 is 1.77. The van der Waals surface area contributed by atoms with E-state index < -0.39 is 5.41 Å². The maximum atomic E-state index is 14.0. The monoisotopic (exact) mass is 618 g/mol. The van der Waals surface area contributed by atoms with Gasteiger partial charge in [-0.25, -0.2) is 4.79 Å². The zero-order valence-corrected chi connectivity index (χ0v) is 28.2. The van der Waals surface area contributed by atoms with Crippen molar-refractivity contribution >= 4 is 33.4 Å². The highest BCUT2D eigenvalue weighted by Crippen LogP contribution is 2.45. The number of nitrogens with one attached hydrogen (secondary N) is 3. The minimum Gasteiger partial charge on any atom is -0.447 e.